The molecule has 0 radical (unpaired) electrons. The quantitative estimate of drug-likeness (QED) is 0.240. The lowest BCUT2D eigenvalue weighted by Gasteiger charge is -2.12. The van der Waals surface area contributed by atoms with Gasteiger partial charge in [-0.25, -0.2) is 14.4 Å². The summed E-state index contributed by atoms with van der Waals surface area (Å²) in [7, 11) is 2.17. The normalized spacial score (nSPS) is 12.7. The Kier molecular flexibility index (Phi) is 9.34. The molecule has 0 saturated heterocycles. The first-order valence-electron chi connectivity index (χ1n) is 11.2. The Morgan fingerprint density at radius 1 is 1.19 bits per heavy atom. The van der Waals surface area contributed by atoms with Gasteiger partial charge < -0.3 is 20.5 Å². The van der Waals surface area contributed by atoms with Crippen molar-refractivity contribution in [3.8, 4) is 11.3 Å². The molecule has 0 bridgehead atoms. The van der Waals surface area contributed by atoms with Gasteiger partial charge in [-0.15, -0.1) is 0 Å². The maximum Gasteiger partial charge on any atom is 0.243 e. The summed E-state index contributed by atoms with van der Waals surface area (Å²) in [6.45, 7) is 2.92. The predicted octanol–water partition coefficient (Wildman–Crippen LogP) is 3.48. The van der Waals surface area contributed by atoms with Crippen molar-refractivity contribution in [2.24, 2.45) is 0 Å². The lowest BCUT2D eigenvalue weighted by molar-refractivity contribution is 0.195. The first-order valence-corrected chi connectivity index (χ1v) is 12.4. The highest BCUT2D eigenvalue weighted by Crippen LogP contribution is 2.22. The third kappa shape index (κ3) is 6.56. The Bertz CT molecular complexity index is 1270. The molecule has 0 aliphatic heterocycles. The monoisotopic (exact) mass is 512 g/mol. The maximum atomic E-state index is 14.4. The predicted molar refractivity (Wildman–Crippen MR) is 138 cm³/mol. The molecule has 2 unspecified atom stereocenters. The SMILES string of the molecule is CNCc1ccc(C(=N)OC(=N)c2nc(-c3ccc(S(=O)C(C)CCOC)cc3)cnc2N)c(F)c1. The standard InChI is InChI=1S/C25H29FN6O3S/c1-15(10-11-34-3)36(33)18-7-5-17(6-8-18)21-14-31-23(27)22(32-21)25(29)35-24(28)19-9-4-16(13-30-2)12-20(19)26/h4-9,12,14-15,28-30H,10-11,13H2,1-3H3,(H2,27,31). The molecule has 3 aromatic rings. The number of ether oxygens (including phenoxy) is 2. The molecule has 9 nitrogen and oxygen atoms in total. The van der Waals surface area contributed by atoms with Gasteiger partial charge in [0.1, 0.15) is 5.82 Å². The number of nitrogens with one attached hydrogen (secondary N) is 3. The second-order valence-electron chi connectivity index (χ2n) is 8.01. The van der Waals surface area contributed by atoms with Crippen molar-refractivity contribution in [3.05, 3.63) is 71.3 Å². The fraction of sp³-hybridized carbons (Fsp3) is 0.280. The van der Waals surface area contributed by atoms with E-state index in [1.54, 1.807) is 44.5 Å². The van der Waals surface area contributed by atoms with Crippen LogP contribution in [0.2, 0.25) is 0 Å². The van der Waals surface area contributed by atoms with E-state index < -0.39 is 28.4 Å². The van der Waals surface area contributed by atoms with Crippen LogP contribution in [0.15, 0.2) is 53.6 Å². The summed E-state index contributed by atoms with van der Waals surface area (Å²) >= 11 is 0. The van der Waals surface area contributed by atoms with E-state index in [1.807, 2.05) is 6.92 Å². The van der Waals surface area contributed by atoms with Crippen LogP contribution in [0.3, 0.4) is 0 Å². The summed E-state index contributed by atoms with van der Waals surface area (Å²) in [4.78, 5) is 9.15. The first kappa shape index (κ1) is 27.1. The molecule has 11 heteroatoms. The van der Waals surface area contributed by atoms with Crippen LogP contribution >= 0.6 is 0 Å². The summed E-state index contributed by atoms with van der Waals surface area (Å²) in [6.07, 6.45) is 2.13. The van der Waals surface area contributed by atoms with E-state index in [4.69, 9.17) is 26.0 Å². The molecule has 0 amide bonds. The van der Waals surface area contributed by atoms with Gasteiger partial charge in [0, 0.05) is 36.0 Å². The van der Waals surface area contributed by atoms with E-state index >= 15 is 0 Å². The summed E-state index contributed by atoms with van der Waals surface area (Å²) in [5.74, 6) is -1.78. The van der Waals surface area contributed by atoms with Crippen LogP contribution in [0.4, 0.5) is 10.2 Å². The number of methoxy groups -OCH3 is 1. The second-order valence-corrected chi connectivity index (χ2v) is 9.88. The minimum absolute atomic E-state index is 0.0593. The Labute approximate surface area is 211 Å². The number of nitrogen functional groups attached to an aromatic ring is 1. The average Bonchev–Trinajstić information content (AvgIpc) is 2.87. The van der Waals surface area contributed by atoms with Crippen molar-refractivity contribution in [1.82, 2.24) is 15.3 Å². The molecule has 2 atom stereocenters. The lowest BCUT2D eigenvalue weighted by atomic mass is 10.1. The van der Waals surface area contributed by atoms with Crippen LogP contribution in [0.1, 0.15) is 30.2 Å². The number of halogens is 1. The summed E-state index contributed by atoms with van der Waals surface area (Å²) in [5.41, 5.74) is 7.53. The van der Waals surface area contributed by atoms with Crippen LogP contribution in [-0.2, 0) is 26.8 Å². The Hall–Kier alpha value is -3.54. The van der Waals surface area contributed by atoms with Gasteiger partial charge in [0.2, 0.25) is 11.8 Å². The largest absolute Gasteiger partial charge is 0.419 e. The Morgan fingerprint density at radius 2 is 1.92 bits per heavy atom. The zero-order valence-electron chi connectivity index (χ0n) is 20.3. The molecule has 0 fully saturated rings. The van der Waals surface area contributed by atoms with Gasteiger partial charge in [0.25, 0.3) is 0 Å². The van der Waals surface area contributed by atoms with E-state index in [0.29, 0.717) is 41.3 Å². The molecule has 3 rings (SSSR count). The minimum Gasteiger partial charge on any atom is -0.419 e. The topological polar surface area (TPSA) is 147 Å². The summed E-state index contributed by atoms with van der Waals surface area (Å²) in [5, 5.41) is 19.2. The second kappa shape index (κ2) is 12.4. The number of nitrogens with zero attached hydrogens (tertiary/aromatic N) is 2. The highest BCUT2D eigenvalue weighted by atomic mass is 32.2. The first-order chi connectivity index (χ1) is 17.2. The van der Waals surface area contributed by atoms with Gasteiger partial charge in [-0.05, 0) is 43.3 Å². The van der Waals surface area contributed by atoms with Crippen LogP contribution in [0.5, 0.6) is 0 Å². The van der Waals surface area contributed by atoms with Crippen molar-refractivity contribution in [3.63, 3.8) is 0 Å². The molecule has 0 spiro atoms. The van der Waals surface area contributed by atoms with E-state index in [9.17, 15) is 8.60 Å². The fourth-order valence-corrected chi connectivity index (χ4v) is 4.53. The summed E-state index contributed by atoms with van der Waals surface area (Å²) < 4.78 is 37.5. The van der Waals surface area contributed by atoms with Crippen molar-refractivity contribution in [2.75, 3.05) is 26.5 Å². The molecule has 1 aromatic heterocycles. The molecular weight excluding hydrogens is 483 g/mol. The number of hydrogen-bond acceptors (Lipinski definition) is 9. The smallest absolute Gasteiger partial charge is 0.243 e. The van der Waals surface area contributed by atoms with Crippen molar-refractivity contribution < 1.29 is 18.1 Å². The minimum atomic E-state index is -1.19. The molecule has 2 aromatic carbocycles. The number of rotatable bonds is 10. The van der Waals surface area contributed by atoms with Crippen LogP contribution in [-0.4, -0.2) is 52.0 Å². The van der Waals surface area contributed by atoms with Crippen molar-refractivity contribution in [1.29, 1.82) is 10.8 Å². The van der Waals surface area contributed by atoms with Crippen molar-refractivity contribution in [2.45, 2.75) is 30.0 Å². The summed E-state index contributed by atoms with van der Waals surface area (Å²) in [6, 6.07) is 11.4. The highest BCUT2D eigenvalue weighted by Gasteiger charge is 2.19. The molecule has 0 aliphatic carbocycles. The lowest BCUT2D eigenvalue weighted by Crippen LogP contribution is -2.18. The fourth-order valence-electron chi connectivity index (χ4n) is 3.35. The van der Waals surface area contributed by atoms with Gasteiger partial charge in [0.05, 0.1) is 28.3 Å². The zero-order valence-corrected chi connectivity index (χ0v) is 21.1. The molecule has 36 heavy (non-hydrogen) atoms. The van der Waals surface area contributed by atoms with E-state index in [0.717, 1.165) is 0 Å². The third-order valence-electron chi connectivity index (χ3n) is 5.36. The maximum absolute atomic E-state index is 14.4. The van der Waals surface area contributed by atoms with E-state index in [-0.39, 0.29) is 22.3 Å². The molecular formula is C25H29FN6O3S. The number of hydrogen-bond donors (Lipinski definition) is 4. The number of nitrogens with two attached hydrogens (primary N) is 1. The number of aromatic nitrogens is 2. The molecule has 1 heterocycles. The molecule has 5 N–H and O–H groups in total. The molecule has 190 valence electrons. The van der Waals surface area contributed by atoms with Crippen LogP contribution in [0, 0.1) is 16.6 Å². The van der Waals surface area contributed by atoms with E-state index in [1.165, 1.54) is 18.3 Å². The van der Waals surface area contributed by atoms with Gasteiger partial charge in [0.15, 0.2) is 11.5 Å². The van der Waals surface area contributed by atoms with Crippen LogP contribution in [0.25, 0.3) is 11.3 Å². The molecule has 0 saturated carbocycles. The van der Waals surface area contributed by atoms with Gasteiger partial charge in [-0.1, -0.05) is 25.1 Å². The van der Waals surface area contributed by atoms with E-state index in [2.05, 4.69) is 15.3 Å². The Morgan fingerprint density at radius 3 is 2.56 bits per heavy atom. The number of benzene rings is 2. The van der Waals surface area contributed by atoms with Gasteiger partial charge in [-0.2, -0.15) is 0 Å². The average molecular weight is 513 g/mol. The third-order valence-corrected chi connectivity index (χ3v) is 7.06. The van der Waals surface area contributed by atoms with Crippen LogP contribution < -0.4 is 11.1 Å². The number of anilines is 1. The zero-order chi connectivity index (χ0) is 26.2. The van der Waals surface area contributed by atoms with Crippen molar-refractivity contribution >= 4 is 28.4 Å². The molecule has 0 aliphatic rings. The Balaban J connectivity index is 1.76. The van der Waals surface area contributed by atoms with Gasteiger partial charge >= 0.3 is 0 Å². The van der Waals surface area contributed by atoms with Gasteiger partial charge in [-0.3, -0.25) is 15.0 Å². The highest BCUT2D eigenvalue weighted by molar-refractivity contribution is 7.85.